The Morgan fingerprint density at radius 2 is 2.12 bits per heavy atom. The molecule has 4 rings (SSSR count). The van der Waals surface area contributed by atoms with Gasteiger partial charge in [-0.15, -0.1) is 0 Å². The lowest BCUT2D eigenvalue weighted by Crippen LogP contribution is -2.39. The summed E-state index contributed by atoms with van der Waals surface area (Å²) in [4.78, 5) is 28.6. The number of anilines is 1. The second-order valence-electron chi connectivity index (χ2n) is 6.80. The third kappa shape index (κ3) is 3.16. The number of hydrogen-bond acceptors (Lipinski definition) is 3. The molecule has 1 aromatic carbocycles. The Balaban J connectivity index is 1.51. The second-order valence-corrected chi connectivity index (χ2v) is 6.80. The molecule has 0 spiro atoms. The van der Waals surface area contributed by atoms with E-state index in [0.717, 1.165) is 43.7 Å². The van der Waals surface area contributed by atoms with Gasteiger partial charge < -0.3 is 9.80 Å². The first kappa shape index (κ1) is 15.9. The Kier molecular flexibility index (Phi) is 4.26. The molecule has 6 heteroatoms. The minimum Gasteiger partial charge on any atom is -0.338 e. The van der Waals surface area contributed by atoms with Crippen LogP contribution in [-0.2, 0) is 4.79 Å². The Labute approximate surface area is 146 Å². The summed E-state index contributed by atoms with van der Waals surface area (Å²) >= 11 is 0. The lowest BCUT2D eigenvalue weighted by Gasteiger charge is -2.32. The standard InChI is InChI=1S/C19H22N4O2/c24-18-7-3-11-23(18)16-6-1-4-14(12-16)19(25)22-10-2-5-15(13-22)17-8-9-20-21-17/h1,4,6,8-9,12,15H,2-3,5,7,10-11,13H2,(H,20,21). The molecule has 2 aliphatic rings. The summed E-state index contributed by atoms with van der Waals surface area (Å²) in [5, 5.41) is 7.05. The molecule has 1 aromatic heterocycles. The van der Waals surface area contributed by atoms with Crippen molar-refractivity contribution in [2.45, 2.75) is 31.6 Å². The lowest BCUT2D eigenvalue weighted by atomic mass is 9.94. The normalized spacial score (nSPS) is 21.0. The van der Waals surface area contributed by atoms with Crippen LogP contribution in [-0.4, -0.2) is 46.5 Å². The van der Waals surface area contributed by atoms with Crippen molar-refractivity contribution in [2.24, 2.45) is 0 Å². The van der Waals surface area contributed by atoms with Crippen LogP contribution >= 0.6 is 0 Å². The highest BCUT2D eigenvalue weighted by atomic mass is 16.2. The number of carbonyl (C=O) groups excluding carboxylic acids is 2. The van der Waals surface area contributed by atoms with Crippen molar-refractivity contribution in [3.8, 4) is 0 Å². The first-order valence-corrected chi connectivity index (χ1v) is 8.91. The van der Waals surface area contributed by atoms with Crippen LogP contribution < -0.4 is 4.90 Å². The first-order valence-electron chi connectivity index (χ1n) is 8.91. The van der Waals surface area contributed by atoms with E-state index in [2.05, 4.69) is 10.2 Å². The van der Waals surface area contributed by atoms with E-state index in [1.165, 1.54) is 0 Å². The van der Waals surface area contributed by atoms with Crippen LogP contribution in [0.3, 0.4) is 0 Å². The van der Waals surface area contributed by atoms with Crippen LogP contribution in [0.5, 0.6) is 0 Å². The molecule has 0 saturated carbocycles. The fourth-order valence-electron chi connectivity index (χ4n) is 3.82. The van der Waals surface area contributed by atoms with Crippen LogP contribution in [0.2, 0.25) is 0 Å². The molecule has 2 saturated heterocycles. The zero-order chi connectivity index (χ0) is 17.2. The Hall–Kier alpha value is -2.63. The van der Waals surface area contributed by atoms with E-state index < -0.39 is 0 Å². The number of hydrogen-bond donors (Lipinski definition) is 1. The number of nitrogens with zero attached hydrogens (tertiary/aromatic N) is 3. The van der Waals surface area contributed by atoms with Gasteiger partial charge in [-0.3, -0.25) is 14.7 Å². The lowest BCUT2D eigenvalue weighted by molar-refractivity contribution is -0.117. The molecule has 0 bridgehead atoms. The summed E-state index contributed by atoms with van der Waals surface area (Å²) in [6, 6.07) is 9.45. The molecule has 2 aliphatic heterocycles. The number of likely N-dealkylation sites (tertiary alicyclic amines) is 1. The topological polar surface area (TPSA) is 69.3 Å². The zero-order valence-corrected chi connectivity index (χ0v) is 14.1. The molecule has 130 valence electrons. The van der Waals surface area contributed by atoms with Crippen molar-refractivity contribution in [1.29, 1.82) is 0 Å². The van der Waals surface area contributed by atoms with Gasteiger partial charge in [-0.25, -0.2) is 0 Å². The van der Waals surface area contributed by atoms with Gasteiger partial charge in [0.15, 0.2) is 0 Å². The number of aromatic nitrogens is 2. The highest BCUT2D eigenvalue weighted by Gasteiger charge is 2.27. The van der Waals surface area contributed by atoms with Gasteiger partial charge in [0.1, 0.15) is 0 Å². The minimum atomic E-state index is 0.0395. The number of piperidine rings is 1. The monoisotopic (exact) mass is 338 g/mol. The summed E-state index contributed by atoms with van der Waals surface area (Å²) in [6.07, 6.45) is 5.28. The van der Waals surface area contributed by atoms with Gasteiger partial charge in [0.25, 0.3) is 5.91 Å². The van der Waals surface area contributed by atoms with Gasteiger partial charge >= 0.3 is 0 Å². The molecule has 6 nitrogen and oxygen atoms in total. The number of carbonyl (C=O) groups is 2. The molecular formula is C19H22N4O2. The van der Waals surface area contributed by atoms with Gasteiger partial charge in [0.05, 0.1) is 0 Å². The van der Waals surface area contributed by atoms with Gasteiger partial charge in [0, 0.05) is 55.1 Å². The molecule has 1 atom stereocenters. The van der Waals surface area contributed by atoms with Crippen molar-refractivity contribution < 1.29 is 9.59 Å². The minimum absolute atomic E-state index is 0.0395. The van der Waals surface area contributed by atoms with Gasteiger partial charge in [-0.1, -0.05) is 6.07 Å². The van der Waals surface area contributed by atoms with E-state index in [9.17, 15) is 9.59 Å². The molecule has 2 aromatic rings. The molecular weight excluding hydrogens is 316 g/mol. The summed E-state index contributed by atoms with van der Waals surface area (Å²) in [7, 11) is 0. The van der Waals surface area contributed by atoms with Gasteiger partial charge in [-0.2, -0.15) is 5.10 Å². The number of aromatic amines is 1. The molecule has 1 unspecified atom stereocenters. The Morgan fingerprint density at radius 1 is 1.20 bits per heavy atom. The van der Waals surface area contributed by atoms with E-state index in [-0.39, 0.29) is 11.8 Å². The molecule has 2 fully saturated rings. The maximum atomic E-state index is 13.0. The number of rotatable bonds is 3. The van der Waals surface area contributed by atoms with Crippen molar-refractivity contribution in [2.75, 3.05) is 24.5 Å². The maximum Gasteiger partial charge on any atom is 0.253 e. The molecule has 2 amide bonds. The fraction of sp³-hybridized carbons (Fsp3) is 0.421. The average molecular weight is 338 g/mol. The molecule has 3 heterocycles. The van der Waals surface area contributed by atoms with E-state index in [0.29, 0.717) is 24.4 Å². The fourth-order valence-corrected chi connectivity index (χ4v) is 3.82. The SMILES string of the molecule is O=C(c1cccc(N2CCCC2=O)c1)N1CCCC(c2ccn[nH]2)C1. The zero-order valence-electron chi connectivity index (χ0n) is 14.1. The molecule has 25 heavy (non-hydrogen) atoms. The van der Waals surface area contributed by atoms with E-state index >= 15 is 0 Å². The number of nitrogens with one attached hydrogen (secondary N) is 1. The van der Waals surface area contributed by atoms with Gasteiger partial charge in [0.2, 0.25) is 5.91 Å². The van der Waals surface area contributed by atoms with Gasteiger partial charge in [-0.05, 0) is 43.5 Å². The van der Waals surface area contributed by atoms with Crippen LogP contribution in [0.1, 0.15) is 47.7 Å². The maximum absolute atomic E-state index is 13.0. The number of H-pyrrole nitrogens is 1. The third-order valence-corrected chi connectivity index (χ3v) is 5.15. The first-order chi connectivity index (χ1) is 12.2. The quantitative estimate of drug-likeness (QED) is 0.935. The highest BCUT2D eigenvalue weighted by Crippen LogP contribution is 2.27. The Morgan fingerprint density at radius 3 is 2.88 bits per heavy atom. The molecule has 0 radical (unpaired) electrons. The smallest absolute Gasteiger partial charge is 0.253 e. The van der Waals surface area contributed by atoms with Crippen molar-refractivity contribution in [1.82, 2.24) is 15.1 Å². The van der Waals surface area contributed by atoms with Crippen LogP contribution in [0.15, 0.2) is 36.5 Å². The largest absolute Gasteiger partial charge is 0.338 e. The Bertz CT molecular complexity index is 771. The predicted molar refractivity (Wildman–Crippen MR) is 94.5 cm³/mol. The predicted octanol–water partition coefficient (Wildman–Crippen LogP) is 2.56. The summed E-state index contributed by atoms with van der Waals surface area (Å²) in [5.74, 6) is 0.489. The summed E-state index contributed by atoms with van der Waals surface area (Å²) < 4.78 is 0. The summed E-state index contributed by atoms with van der Waals surface area (Å²) in [5.41, 5.74) is 2.58. The molecule has 0 aliphatic carbocycles. The highest BCUT2D eigenvalue weighted by molar-refractivity contribution is 5.99. The number of amides is 2. The van der Waals surface area contributed by atoms with Crippen LogP contribution in [0.25, 0.3) is 0 Å². The third-order valence-electron chi connectivity index (χ3n) is 5.15. The van der Waals surface area contributed by atoms with Crippen LogP contribution in [0.4, 0.5) is 5.69 Å². The summed E-state index contributed by atoms with van der Waals surface area (Å²) in [6.45, 7) is 2.21. The molecule has 1 N–H and O–H groups in total. The van der Waals surface area contributed by atoms with Crippen molar-refractivity contribution >= 4 is 17.5 Å². The number of benzene rings is 1. The van der Waals surface area contributed by atoms with Crippen molar-refractivity contribution in [3.05, 3.63) is 47.8 Å². The van der Waals surface area contributed by atoms with Crippen LogP contribution in [0, 0.1) is 0 Å². The van der Waals surface area contributed by atoms with E-state index in [1.807, 2.05) is 35.2 Å². The van der Waals surface area contributed by atoms with E-state index in [1.54, 1.807) is 11.1 Å². The van der Waals surface area contributed by atoms with E-state index in [4.69, 9.17) is 0 Å². The average Bonchev–Trinajstić information content (AvgIpc) is 3.33. The van der Waals surface area contributed by atoms with Crippen molar-refractivity contribution in [3.63, 3.8) is 0 Å². The second kappa shape index (κ2) is 6.70.